The number of aliphatic hydroxyl groups excluding tert-OH is 2. The van der Waals surface area contributed by atoms with Gasteiger partial charge in [-0.05, 0) is 47.6 Å². The molecule has 11 heteroatoms. The molecule has 5 N–H and O–H groups in total. The van der Waals surface area contributed by atoms with Crippen LogP contribution in [0.4, 0.5) is 14.5 Å². The number of aliphatic hydroxyl groups is 2. The molecule has 0 aromatic heterocycles. The fourth-order valence-corrected chi connectivity index (χ4v) is 6.09. The van der Waals surface area contributed by atoms with Gasteiger partial charge in [0.1, 0.15) is 17.0 Å². The van der Waals surface area contributed by atoms with Crippen LogP contribution < -0.4 is 16.0 Å². The van der Waals surface area contributed by atoms with Crippen molar-refractivity contribution in [2.24, 2.45) is 5.41 Å². The van der Waals surface area contributed by atoms with E-state index in [-0.39, 0.29) is 51.8 Å². The van der Waals surface area contributed by atoms with E-state index in [2.05, 4.69) is 16.0 Å². The average Bonchev–Trinajstić information content (AvgIpc) is 3.29. The molecule has 2 aromatic carbocycles. The standard InChI is InChI=1S/C27H31Cl2F2N3O4/c1-26(2,3)11-20-27(15-9-18(30)17(29)10-19(15)33-25(27)38)21(14-5-4-6-16(28)22(14)31)23(34-20)24(37)32-12-13(36)7-8-35/h4-6,9-10,13,20-21,23,34-36H,7-8,11-12H2,1-3H3,(H,32,37)(H,33,38)/t13-,20-,21+,23-,27+/m1/s1. The van der Waals surface area contributed by atoms with E-state index in [1.165, 1.54) is 30.3 Å². The monoisotopic (exact) mass is 569 g/mol. The summed E-state index contributed by atoms with van der Waals surface area (Å²) >= 11 is 12.2. The Labute approximate surface area is 229 Å². The Morgan fingerprint density at radius 2 is 1.92 bits per heavy atom. The lowest BCUT2D eigenvalue weighted by molar-refractivity contribution is -0.124. The summed E-state index contributed by atoms with van der Waals surface area (Å²) in [5.41, 5.74) is -1.36. The molecular formula is C27H31Cl2F2N3O4. The smallest absolute Gasteiger partial charge is 0.237 e. The van der Waals surface area contributed by atoms with Crippen LogP contribution in [0.15, 0.2) is 30.3 Å². The zero-order valence-electron chi connectivity index (χ0n) is 21.2. The van der Waals surface area contributed by atoms with E-state index in [0.717, 1.165) is 0 Å². The van der Waals surface area contributed by atoms with Crippen molar-refractivity contribution in [2.75, 3.05) is 18.5 Å². The Morgan fingerprint density at radius 3 is 2.58 bits per heavy atom. The third-order valence-corrected chi connectivity index (χ3v) is 7.86. The van der Waals surface area contributed by atoms with Crippen molar-refractivity contribution in [1.29, 1.82) is 0 Å². The first-order chi connectivity index (χ1) is 17.8. The van der Waals surface area contributed by atoms with Crippen molar-refractivity contribution in [3.05, 3.63) is 63.1 Å². The van der Waals surface area contributed by atoms with E-state index in [0.29, 0.717) is 6.42 Å². The van der Waals surface area contributed by atoms with Gasteiger partial charge in [-0.1, -0.05) is 56.1 Å². The van der Waals surface area contributed by atoms with Gasteiger partial charge in [0.05, 0.1) is 22.2 Å². The van der Waals surface area contributed by atoms with E-state index in [1.807, 2.05) is 20.8 Å². The van der Waals surface area contributed by atoms with Gasteiger partial charge in [-0.3, -0.25) is 9.59 Å². The second-order valence-corrected chi connectivity index (χ2v) is 11.9. The summed E-state index contributed by atoms with van der Waals surface area (Å²) in [5.74, 6) is -3.77. The minimum Gasteiger partial charge on any atom is -0.396 e. The lowest BCUT2D eigenvalue weighted by Gasteiger charge is -2.37. The van der Waals surface area contributed by atoms with Crippen LogP contribution >= 0.6 is 23.2 Å². The lowest BCUT2D eigenvalue weighted by atomic mass is 9.62. The number of hydrogen-bond donors (Lipinski definition) is 5. The molecule has 206 valence electrons. The first-order valence-corrected chi connectivity index (χ1v) is 13.1. The van der Waals surface area contributed by atoms with Gasteiger partial charge in [0.15, 0.2) is 0 Å². The van der Waals surface area contributed by atoms with Crippen LogP contribution in [0.1, 0.15) is 50.7 Å². The van der Waals surface area contributed by atoms with Crippen molar-refractivity contribution in [3.63, 3.8) is 0 Å². The van der Waals surface area contributed by atoms with Crippen LogP contribution in [-0.4, -0.2) is 53.4 Å². The van der Waals surface area contributed by atoms with Crippen molar-refractivity contribution in [3.8, 4) is 0 Å². The fourth-order valence-electron chi connectivity index (χ4n) is 5.74. The van der Waals surface area contributed by atoms with Gasteiger partial charge in [-0.2, -0.15) is 0 Å². The van der Waals surface area contributed by atoms with E-state index >= 15 is 4.39 Å². The zero-order chi connectivity index (χ0) is 28.0. The Morgan fingerprint density at radius 1 is 1.21 bits per heavy atom. The summed E-state index contributed by atoms with van der Waals surface area (Å²) in [4.78, 5) is 27.6. The van der Waals surface area contributed by atoms with Gasteiger partial charge in [0.2, 0.25) is 11.8 Å². The molecular weight excluding hydrogens is 539 g/mol. The Kier molecular flexibility index (Phi) is 8.08. The molecule has 1 fully saturated rings. The molecule has 1 saturated heterocycles. The van der Waals surface area contributed by atoms with Crippen molar-refractivity contribution in [1.82, 2.24) is 10.6 Å². The summed E-state index contributed by atoms with van der Waals surface area (Å²) in [7, 11) is 0. The largest absolute Gasteiger partial charge is 0.396 e. The predicted octanol–water partition coefficient (Wildman–Crippen LogP) is 3.88. The van der Waals surface area contributed by atoms with Crippen LogP contribution in [0.2, 0.25) is 10.0 Å². The third kappa shape index (κ3) is 5.02. The minimum absolute atomic E-state index is 0.0239. The number of benzene rings is 2. The molecule has 0 aliphatic carbocycles. The van der Waals surface area contributed by atoms with Crippen LogP contribution in [0.3, 0.4) is 0 Å². The number of halogens is 4. The molecule has 2 aromatic rings. The molecule has 2 aliphatic rings. The van der Waals surface area contributed by atoms with Crippen LogP contribution in [0.5, 0.6) is 0 Å². The molecule has 5 atom stereocenters. The quantitative estimate of drug-likeness (QED) is 0.347. The molecule has 0 bridgehead atoms. The molecule has 4 rings (SSSR count). The first-order valence-electron chi connectivity index (χ1n) is 12.4. The Balaban J connectivity index is 1.94. The number of rotatable bonds is 7. The van der Waals surface area contributed by atoms with Gasteiger partial charge in [0.25, 0.3) is 0 Å². The van der Waals surface area contributed by atoms with Crippen LogP contribution in [0, 0.1) is 17.0 Å². The molecule has 2 heterocycles. The van der Waals surface area contributed by atoms with Gasteiger partial charge in [-0.15, -0.1) is 0 Å². The Hall–Kier alpha value is -2.30. The highest BCUT2D eigenvalue weighted by atomic mass is 35.5. The number of nitrogens with one attached hydrogen (secondary N) is 3. The van der Waals surface area contributed by atoms with Crippen molar-refractivity contribution < 1.29 is 28.6 Å². The van der Waals surface area contributed by atoms with E-state index in [1.54, 1.807) is 0 Å². The minimum atomic E-state index is -1.59. The van der Waals surface area contributed by atoms with Crippen molar-refractivity contribution in [2.45, 2.75) is 63.1 Å². The molecule has 2 aliphatic heterocycles. The number of fused-ring (bicyclic) bond motifs is 2. The van der Waals surface area contributed by atoms with Crippen LogP contribution in [-0.2, 0) is 15.0 Å². The second-order valence-electron chi connectivity index (χ2n) is 11.1. The molecule has 1 spiro atoms. The molecule has 7 nitrogen and oxygen atoms in total. The normalized spacial score (nSPS) is 25.4. The van der Waals surface area contributed by atoms with Gasteiger partial charge in [0, 0.05) is 30.8 Å². The zero-order valence-corrected chi connectivity index (χ0v) is 22.8. The number of hydrogen-bond acceptors (Lipinski definition) is 5. The maximum atomic E-state index is 15.7. The number of carbonyl (C=O) groups is 2. The summed E-state index contributed by atoms with van der Waals surface area (Å²) in [5, 5.41) is 27.5. The first kappa shape index (κ1) is 28.7. The number of amides is 2. The average molecular weight is 570 g/mol. The van der Waals surface area contributed by atoms with Crippen molar-refractivity contribution >= 4 is 40.7 Å². The predicted molar refractivity (Wildman–Crippen MR) is 141 cm³/mol. The fraction of sp³-hybridized carbons (Fsp3) is 0.481. The highest BCUT2D eigenvalue weighted by Gasteiger charge is 2.66. The SMILES string of the molecule is CC(C)(C)C[C@H]1N[C@@H](C(=O)NC[C@H](O)CCO)[C@H](c2cccc(Cl)c2F)[C@@]12C(=O)Nc1cc(Cl)c(F)cc12. The Bertz CT molecular complexity index is 1260. The van der Waals surface area contributed by atoms with Gasteiger partial charge >= 0.3 is 0 Å². The lowest BCUT2D eigenvalue weighted by Crippen LogP contribution is -2.49. The number of carbonyl (C=O) groups excluding carboxylic acids is 2. The second kappa shape index (κ2) is 10.7. The number of anilines is 1. The van der Waals surface area contributed by atoms with E-state index in [9.17, 15) is 19.1 Å². The molecule has 0 unspecified atom stereocenters. The highest BCUT2D eigenvalue weighted by molar-refractivity contribution is 6.31. The third-order valence-electron chi connectivity index (χ3n) is 7.27. The molecule has 0 saturated carbocycles. The summed E-state index contributed by atoms with van der Waals surface area (Å²) in [6.07, 6.45) is -0.575. The van der Waals surface area contributed by atoms with Gasteiger partial charge < -0.3 is 26.2 Å². The summed E-state index contributed by atoms with van der Waals surface area (Å²) in [6, 6.07) is 4.99. The molecule has 38 heavy (non-hydrogen) atoms. The van der Waals surface area contributed by atoms with E-state index < -0.39 is 53.0 Å². The highest BCUT2D eigenvalue weighted by Crippen LogP contribution is 2.57. The summed E-state index contributed by atoms with van der Waals surface area (Å²) in [6.45, 7) is 5.47. The topological polar surface area (TPSA) is 111 Å². The summed E-state index contributed by atoms with van der Waals surface area (Å²) < 4.78 is 30.6. The van der Waals surface area contributed by atoms with Gasteiger partial charge in [-0.25, -0.2) is 8.78 Å². The maximum Gasteiger partial charge on any atom is 0.237 e. The van der Waals surface area contributed by atoms with Crippen LogP contribution in [0.25, 0.3) is 0 Å². The van der Waals surface area contributed by atoms with E-state index in [4.69, 9.17) is 28.3 Å². The molecule has 2 amide bonds. The maximum absolute atomic E-state index is 15.7. The molecule has 0 radical (unpaired) electrons.